The number of hydrogen-bond acceptors (Lipinski definition) is 6. The zero-order valence-electron chi connectivity index (χ0n) is 13.6. The van der Waals surface area contributed by atoms with Gasteiger partial charge in [0.05, 0.1) is 12.7 Å². The number of rotatable bonds is 7. The molecule has 0 aliphatic carbocycles. The van der Waals surface area contributed by atoms with Gasteiger partial charge in [-0.2, -0.15) is 10.3 Å². The normalized spacial score (nSPS) is 18.5. The Kier molecular flexibility index (Phi) is 7.13. The first-order valence-electron chi connectivity index (χ1n) is 7.27. The van der Waals surface area contributed by atoms with Gasteiger partial charge in [-0.1, -0.05) is 0 Å². The van der Waals surface area contributed by atoms with Crippen molar-refractivity contribution in [3.05, 3.63) is 11.8 Å². The van der Waals surface area contributed by atoms with Gasteiger partial charge in [-0.05, 0) is 26.3 Å². The second-order valence-corrected chi connectivity index (χ2v) is 4.72. The van der Waals surface area contributed by atoms with Gasteiger partial charge in [0, 0.05) is 12.7 Å². The number of nitrogens with one attached hydrogen (secondary N) is 1. The lowest BCUT2D eigenvalue weighted by Gasteiger charge is -2.37. The molecule has 0 saturated heterocycles. The Labute approximate surface area is 138 Å². The van der Waals surface area contributed by atoms with Gasteiger partial charge in [-0.3, -0.25) is 4.79 Å². The van der Waals surface area contributed by atoms with Crippen LogP contribution in [0.4, 0.5) is 9.18 Å². The lowest BCUT2D eigenvalue weighted by atomic mass is 10.1. The minimum Gasteiger partial charge on any atom is -0.462 e. The molecule has 0 fully saturated rings. The molecule has 0 unspecified atom stereocenters. The summed E-state index contributed by atoms with van der Waals surface area (Å²) >= 11 is 0. The van der Waals surface area contributed by atoms with Gasteiger partial charge < -0.3 is 15.0 Å². The van der Waals surface area contributed by atoms with Gasteiger partial charge in [-0.15, -0.1) is 0 Å². The van der Waals surface area contributed by atoms with Gasteiger partial charge in [-0.25, -0.2) is 18.8 Å². The second-order valence-electron chi connectivity index (χ2n) is 4.72. The minimum absolute atomic E-state index is 0.0341. The van der Waals surface area contributed by atoms with E-state index < -0.39 is 30.3 Å². The highest BCUT2D eigenvalue weighted by Crippen LogP contribution is 2.21. The van der Waals surface area contributed by atoms with Crippen molar-refractivity contribution >= 4 is 17.9 Å². The van der Waals surface area contributed by atoms with E-state index in [2.05, 4.69) is 14.9 Å². The highest BCUT2D eigenvalue weighted by atomic mass is 19.1. The van der Waals surface area contributed by atoms with Crippen molar-refractivity contribution in [3.8, 4) is 6.07 Å². The van der Waals surface area contributed by atoms with E-state index in [1.54, 1.807) is 19.9 Å². The predicted molar refractivity (Wildman–Crippen MR) is 78.4 cm³/mol. The largest absolute Gasteiger partial charge is 0.462 e. The topological polar surface area (TPSA) is 112 Å². The van der Waals surface area contributed by atoms with Crippen molar-refractivity contribution in [3.63, 3.8) is 0 Å². The summed E-state index contributed by atoms with van der Waals surface area (Å²) in [6.07, 6.45) is -1.35. The van der Waals surface area contributed by atoms with Gasteiger partial charge in [0.15, 0.2) is 0 Å². The summed E-state index contributed by atoms with van der Waals surface area (Å²) < 4.78 is 18.1. The first-order valence-corrected chi connectivity index (χ1v) is 7.27. The molecule has 1 aliphatic rings. The summed E-state index contributed by atoms with van der Waals surface area (Å²) in [5, 5.41) is 11.4. The monoisotopic (exact) mass is 342 g/mol. The van der Waals surface area contributed by atoms with Crippen LogP contribution in [0.2, 0.25) is 0 Å². The fourth-order valence-corrected chi connectivity index (χ4v) is 2.11. The maximum Gasteiger partial charge on any atom is 0.371 e. The number of carbonyl (C=O) groups is 3. The van der Waals surface area contributed by atoms with E-state index in [9.17, 15) is 18.8 Å². The fourth-order valence-electron chi connectivity index (χ4n) is 2.11. The molecule has 0 aromatic heterocycles. The summed E-state index contributed by atoms with van der Waals surface area (Å²) in [6.45, 7) is 4.56. The number of carbonyl (C=O) groups excluding carboxylic acids is 3. The number of hydrogen-bond donors (Lipinski definition) is 1. The molecule has 2 atom stereocenters. The summed E-state index contributed by atoms with van der Waals surface area (Å²) in [4.78, 5) is 41.5. The Hall–Kier alpha value is -2.67. The van der Waals surface area contributed by atoms with Gasteiger partial charge in [0.25, 0.3) is 0 Å². The maximum absolute atomic E-state index is 13.7. The molecule has 0 bridgehead atoms. The molecule has 9 nitrogen and oxygen atoms in total. The standard InChI is InChI=1S/C14H19FN4O5/c1-4-18-10(12(20)17-7-6-16)9(3)8-19(14(18)22)24-11(15)13(21)23-5-2/h8,10-11H,4-5,7H2,1-3H3,(H,17,20)/t10-,11+/m0/s1. The summed E-state index contributed by atoms with van der Waals surface area (Å²) in [7, 11) is 0. The van der Waals surface area contributed by atoms with Crippen molar-refractivity contribution in [1.82, 2.24) is 15.3 Å². The molecule has 24 heavy (non-hydrogen) atoms. The Morgan fingerprint density at radius 1 is 1.50 bits per heavy atom. The molecule has 132 valence electrons. The second kappa shape index (κ2) is 8.83. The van der Waals surface area contributed by atoms with Gasteiger partial charge in [0.1, 0.15) is 12.6 Å². The summed E-state index contributed by atoms with van der Waals surface area (Å²) in [5.74, 6) is -1.80. The molecular formula is C14H19FN4O5. The van der Waals surface area contributed by atoms with Crippen molar-refractivity contribution in [2.45, 2.75) is 33.2 Å². The van der Waals surface area contributed by atoms with Crippen LogP contribution in [0.5, 0.6) is 0 Å². The Morgan fingerprint density at radius 3 is 2.71 bits per heavy atom. The van der Waals surface area contributed by atoms with Crippen LogP contribution in [-0.4, -0.2) is 60.0 Å². The number of likely N-dealkylation sites (N-methyl/N-ethyl adjacent to an activating group) is 1. The van der Waals surface area contributed by atoms with E-state index in [1.165, 1.54) is 6.92 Å². The Bertz CT molecular complexity index is 574. The third kappa shape index (κ3) is 4.42. The van der Waals surface area contributed by atoms with Crippen LogP contribution in [0.1, 0.15) is 20.8 Å². The number of urea groups is 1. The average molecular weight is 342 g/mol. The highest BCUT2D eigenvalue weighted by molar-refractivity contribution is 5.91. The third-order valence-corrected chi connectivity index (χ3v) is 3.11. The van der Waals surface area contributed by atoms with Crippen LogP contribution in [-0.2, 0) is 19.2 Å². The number of nitriles is 1. The lowest BCUT2D eigenvalue weighted by molar-refractivity contribution is -0.211. The molecule has 1 heterocycles. The van der Waals surface area contributed by atoms with Crippen molar-refractivity contribution in [2.24, 2.45) is 0 Å². The smallest absolute Gasteiger partial charge is 0.371 e. The summed E-state index contributed by atoms with van der Waals surface area (Å²) in [5.41, 5.74) is 0.378. The zero-order valence-corrected chi connectivity index (χ0v) is 13.6. The minimum atomic E-state index is -2.47. The van der Waals surface area contributed by atoms with E-state index in [1.807, 2.05) is 0 Å². The van der Waals surface area contributed by atoms with Gasteiger partial charge >= 0.3 is 18.4 Å². The van der Waals surface area contributed by atoms with Crippen LogP contribution < -0.4 is 5.32 Å². The quantitative estimate of drug-likeness (QED) is 0.531. The van der Waals surface area contributed by atoms with Crippen LogP contribution in [0.25, 0.3) is 0 Å². The maximum atomic E-state index is 13.7. The van der Waals surface area contributed by atoms with E-state index >= 15 is 0 Å². The molecule has 0 radical (unpaired) electrons. The molecular weight excluding hydrogens is 323 g/mol. The van der Waals surface area contributed by atoms with Gasteiger partial charge in [0.2, 0.25) is 5.91 Å². The first kappa shape index (κ1) is 19.4. The van der Waals surface area contributed by atoms with E-state index in [4.69, 9.17) is 5.26 Å². The van der Waals surface area contributed by atoms with Crippen molar-refractivity contribution < 1.29 is 28.3 Å². The zero-order chi connectivity index (χ0) is 18.3. The van der Waals surface area contributed by atoms with E-state index in [0.29, 0.717) is 10.6 Å². The van der Waals surface area contributed by atoms with Crippen molar-refractivity contribution in [2.75, 3.05) is 19.7 Å². The predicted octanol–water partition coefficient (Wildman–Crippen LogP) is 0.446. The molecule has 3 amide bonds. The molecule has 0 saturated carbocycles. The SMILES string of the molecule is CCOC(=O)[C@H](F)ON1C=C(C)[C@@H](C(=O)NCC#N)N(CC)C1=O. The Balaban J connectivity index is 2.94. The first-order chi connectivity index (χ1) is 11.4. The average Bonchev–Trinajstić information content (AvgIpc) is 2.55. The number of alkyl halides is 1. The molecule has 1 aliphatic heterocycles. The number of ether oxygens (including phenoxy) is 1. The molecule has 10 heteroatoms. The van der Waals surface area contributed by atoms with Crippen LogP contribution in [0, 0.1) is 11.3 Å². The Morgan fingerprint density at radius 2 is 2.17 bits per heavy atom. The fraction of sp³-hybridized carbons (Fsp3) is 0.571. The third-order valence-electron chi connectivity index (χ3n) is 3.11. The van der Waals surface area contributed by atoms with E-state index in [-0.39, 0.29) is 19.7 Å². The van der Waals surface area contributed by atoms with Crippen molar-refractivity contribution in [1.29, 1.82) is 5.26 Å². The molecule has 1 rings (SSSR count). The highest BCUT2D eigenvalue weighted by Gasteiger charge is 2.39. The number of hydroxylamine groups is 2. The lowest BCUT2D eigenvalue weighted by Crippen LogP contribution is -2.57. The molecule has 0 aromatic carbocycles. The van der Waals surface area contributed by atoms with Crippen LogP contribution >= 0.6 is 0 Å². The summed E-state index contributed by atoms with van der Waals surface area (Å²) in [6, 6.07) is 0.00431. The molecule has 0 spiro atoms. The molecule has 0 aromatic rings. The number of nitrogens with zero attached hydrogens (tertiary/aromatic N) is 3. The number of esters is 1. The van der Waals surface area contributed by atoms with Crippen LogP contribution in [0.15, 0.2) is 11.8 Å². The number of halogens is 1. The van der Waals surface area contributed by atoms with E-state index in [0.717, 1.165) is 11.1 Å². The molecule has 1 N–H and O–H groups in total. The number of amides is 3. The van der Waals surface area contributed by atoms with Crippen LogP contribution in [0.3, 0.4) is 0 Å².